The molecule has 1 fully saturated rings. The number of hydrogen-bond acceptors (Lipinski definition) is 7. The molecular weight excluding hydrogens is 425 g/mol. The standard InChI is InChI=1S/C24H26FN5O3/c1-15-26-24(33-28-15)16-3-6-19(7-4-16)27-23(31)21-8-5-17-13-18(25)14-20(22(17)32-21)30-11-9-29(2)10-12-30/h3-4,6-7,13-14,21H,5,8-12H2,1-2H3,(H,27,31). The Bertz CT molecular complexity index is 1160. The second-order valence-corrected chi connectivity index (χ2v) is 8.56. The van der Waals surface area contributed by atoms with Crippen molar-refractivity contribution in [3.63, 3.8) is 0 Å². The zero-order chi connectivity index (χ0) is 22.9. The van der Waals surface area contributed by atoms with Crippen LogP contribution in [-0.4, -0.2) is 60.3 Å². The molecular formula is C24H26FN5O3. The average molecular weight is 452 g/mol. The van der Waals surface area contributed by atoms with Gasteiger partial charge < -0.3 is 24.4 Å². The van der Waals surface area contributed by atoms with E-state index in [1.54, 1.807) is 19.1 Å². The van der Waals surface area contributed by atoms with Crippen molar-refractivity contribution in [2.75, 3.05) is 43.4 Å². The second kappa shape index (κ2) is 8.82. The largest absolute Gasteiger partial charge is 0.478 e. The molecule has 9 heteroatoms. The van der Waals surface area contributed by atoms with Gasteiger partial charge in [0.05, 0.1) is 5.69 Å². The molecule has 2 aliphatic heterocycles. The lowest BCUT2D eigenvalue weighted by molar-refractivity contribution is -0.123. The SMILES string of the molecule is Cc1noc(-c2ccc(NC(=O)C3CCc4cc(F)cc(N5CCN(C)CC5)c4O3)cc2)n1. The van der Waals surface area contributed by atoms with Crippen LogP contribution < -0.4 is 15.0 Å². The van der Waals surface area contributed by atoms with Gasteiger partial charge in [0.1, 0.15) is 11.6 Å². The zero-order valence-corrected chi connectivity index (χ0v) is 18.7. The van der Waals surface area contributed by atoms with Crippen molar-refractivity contribution < 1.29 is 18.4 Å². The molecule has 1 atom stereocenters. The fourth-order valence-electron chi connectivity index (χ4n) is 4.24. The van der Waals surface area contributed by atoms with Crippen LogP contribution in [0, 0.1) is 12.7 Å². The third kappa shape index (κ3) is 4.54. The van der Waals surface area contributed by atoms with Gasteiger partial charge in [-0.3, -0.25) is 4.79 Å². The number of nitrogens with one attached hydrogen (secondary N) is 1. The average Bonchev–Trinajstić information content (AvgIpc) is 3.25. The molecule has 0 aliphatic carbocycles. The summed E-state index contributed by atoms with van der Waals surface area (Å²) in [6.07, 6.45) is 0.429. The van der Waals surface area contributed by atoms with Gasteiger partial charge in [0, 0.05) is 43.5 Å². The number of anilines is 2. The van der Waals surface area contributed by atoms with Crippen LogP contribution in [0.25, 0.3) is 11.5 Å². The van der Waals surface area contributed by atoms with Crippen LogP contribution in [-0.2, 0) is 11.2 Å². The molecule has 0 radical (unpaired) electrons. The van der Waals surface area contributed by atoms with Crippen LogP contribution in [0.2, 0.25) is 0 Å². The van der Waals surface area contributed by atoms with Crippen molar-refractivity contribution in [1.82, 2.24) is 15.0 Å². The highest BCUT2D eigenvalue weighted by molar-refractivity contribution is 5.95. The summed E-state index contributed by atoms with van der Waals surface area (Å²) in [5.41, 5.74) is 2.96. The molecule has 0 saturated carbocycles. The summed E-state index contributed by atoms with van der Waals surface area (Å²) < 4.78 is 25.6. The number of rotatable bonds is 4. The van der Waals surface area contributed by atoms with Crippen LogP contribution in [0.3, 0.4) is 0 Å². The summed E-state index contributed by atoms with van der Waals surface area (Å²) in [5, 5.41) is 6.71. The summed E-state index contributed by atoms with van der Waals surface area (Å²) in [7, 11) is 2.07. The van der Waals surface area contributed by atoms with Crippen LogP contribution in [0.1, 0.15) is 17.8 Å². The third-order valence-electron chi connectivity index (χ3n) is 6.11. The van der Waals surface area contributed by atoms with Crippen LogP contribution >= 0.6 is 0 Å². The number of likely N-dealkylation sites (N-methyl/N-ethyl adjacent to an activating group) is 1. The number of nitrogens with zero attached hydrogens (tertiary/aromatic N) is 4. The Hall–Kier alpha value is -3.46. The lowest BCUT2D eigenvalue weighted by atomic mass is 9.99. The molecule has 0 bridgehead atoms. The monoisotopic (exact) mass is 451 g/mol. The van der Waals surface area contributed by atoms with Gasteiger partial charge in [-0.05, 0) is 62.7 Å². The number of carbonyl (C=O) groups is 1. The summed E-state index contributed by atoms with van der Waals surface area (Å²) in [5.74, 6) is 1.12. The van der Waals surface area contributed by atoms with E-state index < -0.39 is 6.10 Å². The van der Waals surface area contributed by atoms with E-state index in [1.165, 1.54) is 12.1 Å². The highest BCUT2D eigenvalue weighted by Gasteiger charge is 2.30. The number of ether oxygens (including phenoxy) is 1. The van der Waals surface area contributed by atoms with E-state index in [0.717, 1.165) is 43.0 Å². The van der Waals surface area contributed by atoms with Crippen LogP contribution in [0.4, 0.5) is 15.8 Å². The first-order chi connectivity index (χ1) is 16.0. The molecule has 0 spiro atoms. The van der Waals surface area contributed by atoms with Gasteiger partial charge in [-0.15, -0.1) is 0 Å². The topological polar surface area (TPSA) is 83.7 Å². The van der Waals surface area contributed by atoms with E-state index in [4.69, 9.17) is 9.26 Å². The first-order valence-corrected chi connectivity index (χ1v) is 11.1. The minimum atomic E-state index is -0.646. The molecule has 5 rings (SSSR count). The number of carbonyl (C=O) groups excluding carboxylic acids is 1. The van der Waals surface area contributed by atoms with Gasteiger partial charge in [0.15, 0.2) is 11.9 Å². The lowest BCUT2D eigenvalue weighted by Crippen LogP contribution is -2.45. The molecule has 2 aromatic carbocycles. The van der Waals surface area contributed by atoms with E-state index in [0.29, 0.717) is 36.0 Å². The summed E-state index contributed by atoms with van der Waals surface area (Å²) in [6, 6.07) is 10.2. The highest BCUT2D eigenvalue weighted by Crippen LogP contribution is 2.39. The number of fused-ring (bicyclic) bond motifs is 1. The van der Waals surface area contributed by atoms with Crippen molar-refractivity contribution in [3.8, 4) is 17.2 Å². The molecule has 1 saturated heterocycles. The predicted octanol–water partition coefficient (Wildman–Crippen LogP) is 3.27. The Morgan fingerprint density at radius 1 is 1.15 bits per heavy atom. The molecule has 3 aromatic rings. The van der Waals surface area contributed by atoms with Crippen molar-refractivity contribution in [2.24, 2.45) is 0 Å². The van der Waals surface area contributed by atoms with Crippen molar-refractivity contribution in [1.29, 1.82) is 0 Å². The fourth-order valence-corrected chi connectivity index (χ4v) is 4.24. The zero-order valence-electron chi connectivity index (χ0n) is 18.7. The normalized spacial score (nSPS) is 18.5. The molecule has 1 unspecified atom stereocenters. The van der Waals surface area contributed by atoms with Gasteiger partial charge >= 0.3 is 0 Å². The predicted molar refractivity (Wildman–Crippen MR) is 122 cm³/mol. The lowest BCUT2D eigenvalue weighted by Gasteiger charge is -2.37. The maximum atomic E-state index is 14.3. The minimum Gasteiger partial charge on any atom is -0.478 e. The Kier molecular flexibility index (Phi) is 5.72. The van der Waals surface area contributed by atoms with Crippen LogP contribution in [0.15, 0.2) is 40.9 Å². The number of aryl methyl sites for hydroxylation is 2. The van der Waals surface area contributed by atoms with Gasteiger partial charge in [0.25, 0.3) is 11.8 Å². The molecule has 172 valence electrons. The summed E-state index contributed by atoms with van der Waals surface area (Å²) in [6.45, 7) is 5.13. The molecule has 2 aliphatic rings. The first kappa shape index (κ1) is 21.4. The molecule has 1 aromatic heterocycles. The van der Waals surface area contributed by atoms with Gasteiger partial charge in [-0.25, -0.2) is 4.39 Å². The number of piperazine rings is 1. The summed E-state index contributed by atoms with van der Waals surface area (Å²) in [4.78, 5) is 21.5. The van der Waals surface area contributed by atoms with Crippen molar-refractivity contribution in [3.05, 3.63) is 53.6 Å². The maximum Gasteiger partial charge on any atom is 0.265 e. The Morgan fingerprint density at radius 3 is 2.61 bits per heavy atom. The molecule has 1 N–H and O–H groups in total. The Balaban J connectivity index is 1.30. The van der Waals surface area contributed by atoms with Gasteiger partial charge in [-0.1, -0.05) is 5.16 Å². The number of amides is 1. The van der Waals surface area contributed by atoms with Gasteiger partial charge in [-0.2, -0.15) is 4.98 Å². The second-order valence-electron chi connectivity index (χ2n) is 8.56. The van der Waals surface area contributed by atoms with E-state index in [2.05, 4.69) is 32.3 Å². The van der Waals surface area contributed by atoms with Crippen molar-refractivity contribution >= 4 is 17.3 Å². The van der Waals surface area contributed by atoms with E-state index in [-0.39, 0.29) is 11.7 Å². The Morgan fingerprint density at radius 2 is 1.91 bits per heavy atom. The van der Waals surface area contributed by atoms with Gasteiger partial charge in [0.2, 0.25) is 0 Å². The molecule has 33 heavy (non-hydrogen) atoms. The number of aromatic nitrogens is 2. The summed E-state index contributed by atoms with van der Waals surface area (Å²) >= 11 is 0. The van der Waals surface area contributed by atoms with Crippen molar-refractivity contribution in [2.45, 2.75) is 25.9 Å². The minimum absolute atomic E-state index is 0.226. The number of benzene rings is 2. The number of halogens is 1. The molecule has 1 amide bonds. The van der Waals surface area contributed by atoms with Crippen LogP contribution in [0.5, 0.6) is 5.75 Å². The van der Waals surface area contributed by atoms with E-state index in [1.807, 2.05) is 12.1 Å². The van der Waals surface area contributed by atoms with E-state index >= 15 is 0 Å². The molecule has 3 heterocycles. The fraction of sp³-hybridized carbons (Fsp3) is 0.375. The number of hydrogen-bond donors (Lipinski definition) is 1. The maximum absolute atomic E-state index is 14.3. The Labute approximate surface area is 191 Å². The van der Waals surface area contributed by atoms with E-state index in [9.17, 15) is 9.18 Å². The smallest absolute Gasteiger partial charge is 0.265 e. The highest BCUT2D eigenvalue weighted by atomic mass is 19.1. The molecule has 8 nitrogen and oxygen atoms in total. The first-order valence-electron chi connectivity index (χ1n) is 11.1. The third-order valence-corrected chi connectivity index (χ3v) is 6.11. The quantitative estimate of drug-likeness (QED) is 0.652.